The molecule has 0 saturated carbocycles. The summed E-state index contributed by atoms with van der Waals surface area (Å²) < 4.78 is 10.5. The highest BCUT2D eigenvalue weighted by Crippen LogP contribution is 2.24. The fourth-order valence-corrected chi connectivity index (χ4v) is 2.08. The molecule has 0 aromatic heterocycles. The van der Waals surface area contributed by atoms with E-state index in [1.165, 1.54) is 0 Å². The van der Waals surface area contributed by atoms with Gasteiger partial charge in [-0.15, -0.1) is 0 Å². The van der Waals surface area contributed by atoms with Crippen LogP contribution >= 0.6 is 0 Å². The minimum Gasteiger partial charge on any atom is -0.467 e. The Kier molecular flexibility index (Phi) is 3.61. The lowest BCUT2D eigenvalue weighted by atomic mass is 10.1. The molecule has 0 radical (unpaired) electrons. The molecule has 1 aliphatic rings. The van der Waals surface area contributed by atoms with E-state index in [9.17, 15) is 4.79 Å². The summed E-state index contributed by atoms with van der Waals surface area (Å²) in [4.78, 5) is 12.1. The standard InChI is InChI=1S/C17H14O3/c18-16(8-6-13-4-2-1-3-5-13)14-7-9-17-15(10-14)11-19-12-20-17/h1-10H,11-12H2/b8-6+. The second-order valence-electron chi connectivity index (χ2n) is 4.54. The highest BCUT2D eigenvalue weighted by molar-refractivity contribution is 6.07. The average Bonchev–Trinajstić information content (AvgIpc) is 2.53. The number of ketones is 1. The third-order valence-corrected chi connectivity index (χ3v) is 3.13. The van der Waals surface area contributed by atoms with Gasteiger partial charge < -0.3 is 9.47 Å². The molecule has 1 heterocycles. The van der Waals surface area contributed by atoms with Crippen LogP contribution in [-0.2, 0) is 11.3 Å². The summed E-state index contributed by atoms with van der Waals surface area (Å²) in [6, 6.07) is 15.2. The summed E-state index contributed by atoms with van der Waals surface area (Å²) in [5.74, 6) is 0.766. The molecule has 0 aliphatic carbocycles. The van der Waals surface area contributed by atoms with Gasteiger partial charge in [-0.05, 0) is 29.8 Å². The SMILES string of the molecule is O=C(/C=C/c1ccccc1)c1ccc2c(c1)COCO2. The number of carbonyl (C=O) groups is 1. The number of hydrogen-bond acceptors (Lipinski definition) is 3. The first-order valence-electron chi connectivity index (χ1n) is 6.44. The van der Waals surface area contributed by atoms with E-state index in [4.69, 9.17) is 9.47 Å². The van der Waals surface area contributed by atoms with Crippen LogP contribution in [0.4, 0.5) is 0 Å². The van der Waals surface area contributed by atoms with Gasteiger partial charge in [-0.25, -0.2) is 0 Å². The molecule has 3 nitrogen and oxygen atoms in total. The number of benzene rings is 2. The van der Waals surface area contributed by atoms with Crippen molar-refractivity contribution in [3.63, 3.8) is 0 Å². The largest absolute Gasteiger partial charge is 0.467 e. The van der Waals surface area contributed by atoms with E-state index in [1.54, 1.807) is 12.1 Å². The van der Waals surface area contributed by atoms with E-state index in [-0.39, 0.29) is 12.6 Å². The lowest BCUT2D eigenvalue weighted by Crippen LogP contribution is -2.11. The van der Waals surface area contributed by atoms with Gasteiger partial charge in [0, 0.05) is 11.1 Å². The molecule has 2 aromatic carbocycles. The summed E-state index contributed by atoms with van der Waals surface area (Å²) in [5, 5.41) is 0. The Bertz CT molecular complexity index is 645. The highest BCUT2D eigenvalue weighted by atomic mass is 16.7. The Morgan fingerprint density at radius 2 is 1.95 bits per heavy atom. The van der Waals surface area contributed by atoms with Crippen LogP contribution in [0, 0.1) is 0 Å². The fraction of sp³-hybridized carbons (Fsp3) is 0.118. The van der Waals surface area contributed by atoms with E-state index in [1.807, 2.05) is 48.5 Å². The molecule has 0 fully saturated rings. The molecule has 0 atom stereocenters. The Morgan fingerprint density at radius 1 is 1.10 bits per heavy atom. The van der Waals surface area contributed by atoms with E-state index in [2.05, 4.69) is 0 Å². The lowest BCUT2D eigenvalue weighted by molar-refractivity contribution is -0.0163. The smallest absolute Gasteiger partial charge is 0.189 e. The van der Waals surface area contributed by atoms with Crippen LogP contribution in [0.25, 0.3) is 6.08 Å². The van der Waals surface area contributed by atoms with Gasteiger partial charge in [-0.2, -0.15) is 0 Å². The zero-order valence-electron chi connectivity index (χ0n) is 10.9. The highest BCUT2D eigenvalue weighted by Gasteiger charge is 2.12. The zero-order chi connectivity index (χ0) is 13.8. The second-order valence-corrected chi connectivity index (χ2v) is 4.54. The van der Waals surface area contributed by atoms with Crippen molar-refractivity contribution in [3.8, 4) is 5.75 Å². The van der Waals surface area contributed by atoms with Crippen LogP contribution in [0.5, 0.6) is 5.75 Å². The Hall–Kier alpha value is -2.39. The number of rotatable bonds is 3. The summed E-state index contributed by atoms with van der Waals surface area (Å²) in [7, 11) is 0. The van der Waals surface area contributed by atoms with Gasteiger partial charge in [-0.3, -0.25) is 4.79 Å². The molecule has 1 aliphatic heterocycles. The first-order valence-corrected chi connectivity index (χ1v) is 6.44. The maximum Gasteiger partial charge on any atom is 0.189 e. The lowest BCUT2D eigenvalue weighted by Gasteiger charge is -2.17. The molecule has 20 heavy (non-hydrogen) atoms. The van der Waals surface area contributed by atoms with Crippen molar-refractivity contribution in [1.29, 1.82) is 0 Å². The van der Waals surface area contributed by atoms with Crippen LogP contribution in [-0.4, -0.2) is 12.6 Å². The number of hydrogen-bond donors (Lipinski definition) is 0. The molecule has 0 amide bonds. The second kappa shape index (κ2) is 5.72. The van der Waals surface area contributed by atoms with Gasteiger partial charge in [-0.1, -0.05) is 36.4 Å². The Morgan fingerprint density at radius 3 is 2.80 bits per heavy atom. The predicted octanol–water partition coefficient (Wildman–Crippen LogP) is 3.45. The van der Waals surface area contributed by atoms with Crippen molar-refractivity contribution in [2.24, 2.45) is 0 Å². The van der Waals surface area contributed by atoms with Gasteiger partial charge in [0.05, 0.1) is 6.61 Å². The average molecular weight is 266 g/mol. The zero-order valence-corrected chi connectivity index (χ0v) is 10.9. The maximum atomic E-state index is 12.1. The van der Waals surface area contributed by atoms with Crippen LogP contribution in [0.15, 0.2) is 54.6 Å². The maximum absolute atomic E-state index is 12.1. The summed E-state index contributed by atoms with van der Waals surface area (Å²) in [5.41, 5.74) is 2.56. The van der Waals surface area contributed by atoms with Gasteiger partial charge in [0.1, 0.15) is 5.75 Å². The van der Waals surface area contributed by atoms with Crippen LogP contribution in [0.1, 0.15) is 21.5 Å². The molecular formula is C17H14O3. The third kappa shape index (κ3) is 2.78. The molecule has 0 N–H and O–H groups in total. The molecule has 0 spiro atoms. The number of fused-ring (bicyclic) bond motifs is 1. The van der Waals surface area contributed by atoms with Crippen LogP contribution in [0.2, 0.25) is 0 Å². The van der Waals surface area contributed by atoms with Gasteiger partial charge in [0.25, 0.3) is 0 Å². The molecule has 0 saturated heterocycles. The normalized spacial score (nSPS) is 13.8. The van der Waals surface area contributed by atoms with E-state index < -0.39 is 0 Å². The Balaban J connectivity index is 1.79. The number of allylic oxidation sites excluding steroid dienone is 1. The molecule has 3 heteroatoms. The number of carbonyl (C=O) groups excluding carboxylic acids is 1. The van der Waals surface area contributed by atoms with E-state index in [0.29, 0.717) is 12.2 Å². The van der Waals surface area contributed by atoms with E-state index >= 15 is 0 Å². The Labute approximate surface area is 117 Å². The quantitative estimate of drug-likeness (QED) is 0.630. The van der Waals surface area contributed by atoms with Crippen molar-refractivity contribution in [1.82, 2.24) is 0 Å². The van der Waals surface area contributed by atoms with Gasteiger partial charge in [0.15, 0.2) is 12.6 Å². The molecule has 0 unspecified atom stereocenters. The third-order valence-electron chi connectivity index (χ3n) is 3.13. The molecule has 100 valence electrons. The van der Waals surface area contributed by atoms with Crippen LogP contribution < -0.4 is 4.74 Å². The fourth-order valence-electron chi connectivity index (χ4n) is 2.08. The minimum atomic E-state index is -0.0257. The van der Waals surface area contributed by atoms with Gasteiger partial charge in [0.2, 0.25) is 0 Å². The monoisotopic (exact) mass is 266 g/mol. The van der Waals surface area contributed by atoms with Crippen molar-refractivity contribution in [2.45, 2.75) is 6.61 Å². The van der Waals surface area contributed by atoms with Gasteiger partial charge >= 0.3 is 0 Å². The topological polar surface area (TPSA) is 35.5 Å². The molecule has 0 bridgehead atoms. The van der Waals surface area contributed by atoms with Crippen molar-refractivity contribution >= 4 is 11.9 Å². The van der Waals surface area contributed by atoms with Crippen molar-refractivity contribution in [2.75, 3.05) is 6.79 Å². The van der Waals surface area contributed by atoms with Crippen molar-refractivity contribution in [3.05, 3.63) is 71.3 Å². The summed E-state index contributed by atoms with van der Waals surface area (Å²) in [6.07, 6.45) is 3.40. The summed E-state index contributed by atoms with van der Waals surface area (Å²) >= 11 is 0. The molecule has 3 rings (SSSR count). The first kappa shape index (κ1) is 12.6. The molecule has 2 aromatic rings. The molecular weight excluding hydrogens is 252 g/mol. The minimum absolute atomic E-state index is 0.0257. The summed E-state index contributed by atoms with van der Waals surface area (Å²) in [6.45, 7) is 0.757. The first-order chi connectivity index (χ1) is 9.83. The predicted molar refractivity (Wildman–Crippen MR) is 76.5 cm³/mol. The van der Waals surface area contributed by atoms with Crippen LogP contribution in [0.3, 0.4) is 0 Å². The number of ether oxygens (including phenoxy) is 2. The van der Waals surface area contributed by atoms with Crippen molar-refractivity contribution < 1.29 is 14.3 Å². The van der Waals surface area contributed by atoms with E-state index in [0.717, 1.165) is 16.9 Å².